The van der Waals surface area contributed by atoms with Gasteiger partial charge >= 0.3 is 5.97 Å². The molecule has 0 aliphatic rings. The van der Waals surface area contributed by atoms with Gasteiger partial charge in [0.25, 0.3) is 0 Å². The molecule has 82 valence electrons. The average Bonchev–Trinajstić information content (AvgIpc) is 2.39. The molecule has 0 spiro atoms. The maximum absolute atomic E-state index is 11.1. The van der Waals surface area contributed by atoms with Crippen molar-refractivity contribution in [1.29, 1.82) is 5.26 Å². The van der Waals surface area contributed by atoms with Gasteiger partial charge in [-0.1, -0.05) is 30.3 Å². The van der Waals surface area contributed by atoms with Crippen LogP contribution in [-0.2, 0) is 0 Å². The Morgan fingerprint density at radius 2 is 1.82 bits per heavy atom. The molecule has 2 rings (SSSR count). The van der Waals surface area contributed by atoms with E-state index in [9.17, 15) is 4.79 Å². The predicted molar refractivity (Wildman–Crippen MR) is 63.6 cm³/mol. The van der Waals surface area contributed by atoms with Gasteiger partial charge in [0, 0.05) is 0 Å². The van der Waals surface area contributed by atoms with Crippen molar-refractivity contribution in [2.24, 2.45) is 0 Å². The van der Waals surface area contributed by atoms with Gasteiger partial charge in [-0.2, -0.15) is 5.26 Å². The summed E-state index contributed by atoms with van der Waals surface area (Å²) in [5.41, 5.74) is 2.02. The van der Waals surface area contributed by atoms with Crippen LogP contribution in [0.3, 0.4) is 0 Å². The summed E-state index contributed by atoms with van der Waals surface area (Å²) in [4.78, 5) is 11.1. The highest BCUT2D eigenvalue weighted by atomic mass is 16.4. The Morgan fingerprint density at radius 3 is 2.41 bits per heavy atom. The fourth-order valence-electron chi connectivity index (χ4n) is 1.66. The van der Waals surface area contributed by atoms with Crippen LogP contribution in [0.4, 0.5) is 0 Å². The minimum absolute atomic E-state index is 0.204. The minimum Gasteiger partial charge on any atom is -0.478 e. The van der Waals surface area contributed by atoms with E-state index in [2.05, 4.69) is 0 Å². The molecule has 0 bridgehead atoms. The predicted octanol–water partition coefficient (Wildman–Crippen LogP) is 2.92. The van der Waals surface area contributed by atoms with Crippen LogP contribution >= 0.6 is 0 Å². The number of aromatic carboxylic acids is 1. The van der Waals surface area contributed by atoms with Crippen molar-refractivity contribution < 1.29 is 9.90 Å². The zero-order valence-electron chi connectivity index (χ0n) is 8.92. The van der Waals surface area contributed by atoms with Crippen LogP contribution in [0.25, 0.3) is 11.1 Å². The zero-order chi connectivity index (χ0) is 12.3. The molecule has 3 nitrogen and oxygen atoms in total. The first-order valence-electron chi connectivity index (χ1n) is 5.05. The third-order valence-corrected chi connectivity index (χ3v) is 2.46. The SMILES string of the molecule is N#Cc1ccc(C(=O)O)c(-c2ccccc2)c1. The Labute approximate surface area is 98.6 Å². The number of hydrogen-bond acceptors (Lipinski definition) is 2. The van der Waals surface area contributed by atoms with Gasteiger partial charge < -0.3 is 5.11 Å². The van der Waals surface area contributed by atoms with Gasteiger partial charge in [-0.15, -0.1) is 0 Å². The quantitative estimate of drug-likeness (QED) is 0.851. The normalized spacial score (nSPS) is 9.59. The number of nitriles is 1. The van der Waals surface area contributed by atoms with Crippen molar-refractivity contribution >= 4 is 5.97 Å². The first-order chi connectivity index (χ1) is 8.22. The van der Waals surface area contributed by atoms with Gasteiger partial charge in [0.15, 0.2) is 0 Å². The molecule has 2 aromatic rings. The number of carbonyl (C=O) groups is 1. The molecule has 0 amide bonds. The van der Waals surface area contributed by atoms with E-state index in [1.165, 1.54) is 12.1 Å². The van der Waals surface area contributed by atoms with E-state index in [-0.39, 0.29) is 5.56 Å². The molecule has 0 radical (unpaired) electrons. The maximum Gasteiger partial charge on any atom is 0.336 e. The highest BCUT2D eigenvalue weighted by Gasteiger charge is 2.11. The van der Waals surface area contributed by atoms with Crippen LogP contribution in [-0.4, -0.2) is 11.1 Å². The summed E-state index contributed by atoms with van der Waals surface area (Å²) < 4.78 is 0. The van der Waals surface area contributed by atoms with Gasteiger partial charge in [0.1, 0.15) is 0 Å². The number of benzene rings is 2. The summed E-state index contributed by atoms with van der Waals surface area (Å²) >= 11 is 0. The number of nitrogens with zero attached hydrogens (tertiary/aromatic N) is 1. The van der Waals surface area contributed by atoms with Crippen LogP contribution in [0.15, 0.2) is 48.5 Å². The van der Waals surface area contributed by atoms with Crippen molar-refractivity contribution in [3.05, 3.63) is 59.7 Å². The second kappa shape index (κ2) is 4.50. The van der Waals surface area contributed by atoms with Gasteiger partial charge in [-0.05, 0) is 29.3 Å². The van der Waals surface area contributed by atoms with Crippen LogP contribution in [0.5, 0.6) is 0 Å². The fourth-order valence-corrected chi connectivity index (χ4v) is 1.66. The van der Waals surface area contributed by atoms with Crippen LogP contribution in [0, 0.1) is 11.3 Å². The van der Waals surface area contributed by atoms with E-state index < -0.39 is 5.97 Å². The first-order valence-corrected chi connectivity index (χ1v) is 5.05. The molecule has 0 aliphatic carbocycles. The summed E-state index contributed by atoms with van der Waals surface area (Å²) in [6.45, 7) is 0. The molecule has 0 heterocycles. The highest BCUT2D eigenvalue weighted by Crippen LogP contribution is 2.24. The standard InChI is InChI=1S/C14H9NO2/c15-9-10-6-7-12(14(16)17)13(8-10)11-4-2-1-3-5-11/h1-8H,(H,16,17). The topological polar surface area (TPSA) is 61.1 Å². The van der Waals surface area contributed by atoms with E-state index in [0.29, 0.717) is 11.1 Å². The molecule has 2 aromatic carbocycles. The Morgan fingerprint density at radius 1 is 1.12 bits per heavy atom. The Bertz CT molecular complexity index is 597. The number of hydrogen-bond donors (Lipinski definition) is 1. The molecule has 0 aromatic heterocycles. The molecule has 0 saturated heterocycles. The smallest absolute Gasteiger partial charge is 0.336 e. The van der Waals surface area contributed by atoms with Crippen LogP contribution in [0.1, 0.15) is 15.9 Å². The molecule has 0 fully saturated rings. The zero-order valence-corrected chi connectivity index (χ0v) is 8.92. The molecule has 0 saturated carbocycles. The minimum atomic E-state index is -0.992. The van der Waals surface area contributed by atoms with Crippen molar-refractivity contribution in [3.8, 4) is 17.2 Å². The Hall–Kier alpha value is -2.60. The maximum atomic E-state index is 11.1. The summed E-state index contributed by atoms with van der Waals surface area (Å²) in [6, 6.07) is 15.7. The molecule has 0 atom stereocenters. The van der Waals surface area contributed by atoms with Crippen LogP contribution < -0.4 is 0 Å². The van der Waals surface area contributed by atoms with Crippen molar-refractivity contribution in [2.75, 3.05) is 0 Å². The molecular weight excluding hydrogens is 214 g/mol. The van der Waals surface area contributed by atoms with Crippen molar-refractivity contribution in [1.82, 2.24) is 0 Å². The van der Waals surface area contributed by atoms with Gasteiger partial charge in [0.05, 0.1) is 17.2 Å². The second-order valence-corrected chi connectivity index (χ2v) is 3.54. The molecule has 0 unspecified atom stereocenters. The third-order valence-electron chi connectivity index (χ3n) is 2.46. The first kappa shape index (κ1) is 10.9. The lowest BCUT2D eigenvalue weighted by Gasteiger charge is -2.06. The van der Waals surface area contributed by atoms with E-state index in [1.54, 1.807) is 6.07 Å². The number of carboxylic acids is 1. The van der Waals surface area contributed by atoms with Crippen molar-refractivity contribution in [2.45, 2.75) is 0 Å². The summed E-state index contributed by atoms with van der Waals surface area (Å²) in [5.74, 6) is -0.992. The molecule has 3 heteroatoms. The van der Waals surface area contributed by atoms with Crippen LogP contribution in [0.2, 0.25) is 0 Å². The summed E-state index contributed by atoms with van der Waals surface area (Å²) in [7, 11) is 0. The summed E-state index contributed by atoms with van der Waals surface area (Å²) in [5, 5.41) is 17.9. The van der Waals surface area contributed by atoms with Gasteiger partial charge in [-0.3, -0.25) is 0 Å². The second-order valence-electron chi connectivity index (χ2n) is 3.54. The molecule has 0 aliphatic heterocycles. The fraction of sp³-hybridized carbons (Fsp3) is 0. The number of rotatable bonds is 2. The van der Waals surface area contributed by atoms with E-state index in [4.69, 9.17) is 10.4 Å². The lowest BCUT2D eigenvalue weighted by Crippen LogP contribution is -1.99. The average molecular weight is 223 g/mol. The van der Waals surface area contributed by atoms with Crippen molar-refractivity contribution in [3.63, 3.8) is 0 Å². The third kappa shape index (κ3) is 2.16. The lowest BCUT2D eigenvalue weighted by molar-refractivity contribution is 0.0697. The van der Waals surface area contributed by atoms with E-state index in [0.717, 1.165) is 5.56 Å². The molecule has 17 heavy (non-hydrogen) atoms. The number of carboxylic acid groups (broad SMARTS) is 1. The Balaban J connectivity index is 2.66. The molecule has 1 N–H and O–H groups in total. The Kier molecular flexibility index (Phi) is 2.89. The van der Waals surface area contributed by atoms with E-state index >= 15 is 0 Å². The van der Waals surface area contributed by atoms with Gasteiger partial charge in [-0.25, -0.2) is 4.79 Å². The molecular formula is C14H9NO2. The lowest BCUT2D eigenvalue weighted by atomic mass is 9.97. The highest BCUT2D eigenvalue weighted by molar-refractivity contribution is 5.96. The van der Waals surface area contributed by atoms with E-state index in [1.807, 2.05) is 36.4 Å². The monoisotopic (exact) mass is 223 g/mol. The largest absolute Gasteiger partial charge is 0.478 e. The summed E-state index contributed by atoms with van der Waals surface area (Å²) in [6.07, 6.45) is 0. The van der Waals surface area contributed by atoms with Gasteiger partial charge in [0.2, 0.25) is 0 Å².